The van der Waals surface area contributed by atoms with Crippen molar-refractivity contribution in [3.8, 4) is 0 Å². The molecule has 2 aromatic heterocycles. The van der Waals surface area contributed by atoms with Crippen molar-refractivity contribution in [3.63, 3.8) is 0 Å². The predicted molar refractivity (Wildman–Crippen MR) is 67.2 cm³/mol. The van der Waals surface area contributed by atoms with Crippen molar-refractivity contribution in [2.45, 2.75) is 6.54 Å². The Morgan fingerprint density at radius 2 is 2.44 bits per heavy atom. The minimum Gasteiger partial charge on any atom is -0.465 e. The average Bonchev–Trinajstić information content (AvgIpc) is 2.78. The van der Waals surface area contributed by atoms with Crippen LogP contribution >= 0.6 is 11.5 Å². The van der Waals surface area contributed by atoms with Crippen molar-refractivity contribution in [2.24, 2.45) is 0 Å². The molecule has 2 heterocycles. The first kappa shape index (κ1) is 12.2. The van der Waals surface area contributed by atoms with E-state index in [4.69, 9.17) is 5.73 Å². The lowest BCUT2D eigenvalue weighted by Crippen LogP contribution is -2.08. The molecule has 3 N–H and O–H groups in total. The summed E-state index contributed by atoms with van der Waals surface area (Å²) in [5, 5.41) is 3.62. The Morgan fingerprint density at radius 3 is 3.11 bits per heavy atom. The molecule has 7 nitrogen and oxygen atoms in total. The molecule has 0 fully saturated rings. The lowest BCUT2D eigenvalue weighted by molar-refractivity contribution is 0.0603. The fraction of sp³-hybridized carbons (Fsp3) is 0.200. The Morgan fingerprint density at radius 1 is 1.61 bits per heavy atom. The smallest absolute Gasteiger partial charge is 0.344 e. The molecular weight excluding hydrogens is 254 g/mol. The Hall–Kier alpha value is -2.22. The first-order valence-electron chi connectivity index (χ1n) is 5.04. The number of methoxy groups -OCH3 is 1. The fourth-order valence-corrected chi connectivity index (χ4v) is 2.01. The molecule has 18 heavy (non-hydrogen) atoms. The van der Waals surface area contributed by atoms with Gasteiger partial charge in [-0.05, 0) is 17.6 Å². The van der Waals surface area contributed by atoms with Crippen LogP contribution in [0.4, 0.5) is 10.8 Å². The molecule has 0 spiro atoms. The van der Waals surface area contributed by atoms with E-state index in [0.29, 0.717) is 11.5 Å². The van der Waals surface area contributed by atoms with Crippen LogP contribution in [0.3, 0.4) is 0 Å². The van der Waals surface area contributed by atoms with E-state index in [1.165, 1.54) is 13.4 Å². The molecule has 0 aliphatic carbocycles. The monoisotopic (exact) mass is 265 g/mol. The van der Waals surface area contributed by atoms with E-state index < -0.39 is 5.97 Å². The standard InChI is InChI=1S/C10H11N5O2S/c1-17-10(16)7-8(11)15-18-9(7)13-4-6-2-3-12-5-14-6/h2-3,5,13H,4H2,1H3,(H2,11,15). The van der Waals surface area contributed by atoms with Crippen molar-refractivity contribution >= 4 is 28.3 Å². The number of nitrogens with two attached hydrogens (primary N) is 1. The van der Waals surface area contributed by atoms with Crippen molar-refractivity contribution in [3.05, 3.63) is 29.8 Å². The second-order valence-corrected chi connectivity index (χ2v) is 4.09. The Kier molecular flexibility index (Phi) is 3.68. The summed E-state index contributed by atoms with van der Waals surface area (Å²) in [5.74, 6) is -0.344. The lowest BCUT2D eigenvalue weighted by Gasteiger charge is -2.05. The number of hydrogen-bond acceptors (Lipinski definition) is 8. The van der Waals surface area contributed by atoms with Crippen LogP contribution < -0.4 is 11.1 Å². The Labute approximate surface area is 107 Å². The van der Waals surface area contributed by atoms with Crippen LogP contribution in [0, 0.1) is 0 Å². The van der Waals surface area contributed by atoms with Gasteiger partial charge in [0.15, 0.2) is 5.82 Å². The van der Waals surface area contributed by atoms with Crippen molar-refractivity contribution in [2.75, 3.05) is 18.2 Å². The summed E-state index contributed by atoms with van der Waals surface area (Å²) in [5.41, 5.74) is 6.68. The number of rotatable bonds is 4. The molecule has 94 valence electrons. The molecule has 2 rings (SSSR count). The molecule has 0 saturated heterocycles. The normalized spacial score (nSPS) is 10.1. The number of carbonyl (C=O) groups is 1. The molecular formula is C10H11N5O2S. The van der Waals surface area contributed by atoms with Gasteiger partial charge in [-0.2, -0.15) is 4.37 Å². The second-order valence-electron chi connectivity index (χ2n) is 3.32. The van der Waals surface area contributed by atoms with Gasteiger partial charge in [-0.25, -0.2) is 14.8 Å². The Balaban J connectivity index is 2.13. The highest BCUT2D eigenvalue weighted by Crippen LogP contribution is 2.27. The van der Waals surface area contributed by atoms with Gasteiger partial charge in [0, 0.05) is 6.20 Å². The van der Waals surface area contributed by atoms with Crippen LogP contribution in [0.1, 0.15) is 16.1 Å². The van der Waals surface area contributed by atoms with Crippen LogP contribution in [0.2, 0.25) is 0 Å². The van der Waals surface area contributed by atoms with Crippen LogP contribution in [0.25, 0.3) is 0 Å². The van der Waals surface area contributed by atoms with E-state index in [9.17, 15) is 4.79 Å². The molecule has 0 aliphatic heterocycles. The van der Waals surface area contributed by atoms with Gasteiger partial charge < -0.3 is 15.8 Å². The van der Waals surface area contributed by atoms with Gasteiger partial charge in [-0.1, -0.05) is 0 Å². The van der Waals surface area contributed by atoms with Gasteiger partial charge in [0.1, 0.15) is 16.9 Å². The summed E-state index contributed by atoms with van der Waals surface area (Å²) in [7, 11) is 1.30. The maximum atomic E-state index is 11.5. The third-order valence-corrected chi connectivity index (χ3v) is 3.00. The molecule has 0 atom stereocenters. The fourth-order valence-electron chi connectivity index (χ4n) is 1.32. The molecule has 0 radical (unpaired) electrons. The molecule has 0 unspecified atom stereocenters. The summed E-state index contributed by atoms with van der Waals surface area (Å²) in [4.78, 5) is 19.4. The first-order chi connectivity index (χ1) is 8.72. The number of ether oxygens (including phenoxy) is 1. The molecule has 8 heteroatoms. The van der Waals surface area contributed by atoms with E-state index in [1.807, 2.05) is 0 Å². The van der Waals surface area contributed by atoms with Gasteiger partial charge >= 0.3 is 5.97 Å². The van der Waals surface area contributed by atoms with Gasteiger partial charge in [0.05, 0.1) is 19.3 Å². The Bertz CT molecular complexity index is 542. The third-order valence-electron chi connectivity index (χ3n) is 2.18. The zero-order valence-electron chi connectivity index (χ0n) is 9.58. The van der Waals surface area contributed by atoms with Crippen LogP contribution in [0.5, 0.6) is 0 Å². The number of nitrogen functional groups attached to an aromatic ring is 1. The van der Waals surface area contributed by atoms with Crippen molar-refractivity contribution in [1.82, 2.24) is 14.3 Å². The summed E-state index contributed by atoms with van der Waals surface area (Å²) in [6.07, 6.45) is 3.10. The summed E-state index contributed by atoms with van der Waals surface area (Å²) in [6, 6.07) is 1.77. The van der Waals surface area contributed by atoms with E-state index >= 15 is 0 Å². The quantitative estimate of drug-likeness (QED) is 0.792. The molecule has 0 aliphatic rings. The number of hydrogen-bond donors (Lipinski definition) is 2. The third kappa shape index (κ3) is 2.54. The largest absolute Gasteiger partial charge is 0.465 e. The highest BCUT2D eigenvalue weighted by atomic mass is 32.1. The highest BCUT2D eigenvalue weighted by molar-refractivity contribution is 7.11. The topological polar surface area (TPSA) is 103 Å². The number of esters is 1. The maximum absolute atomic E-state index is 11.5. The zero-order chi connectivity index (χ0) is 13.0. The highest BCUT2D eigenvalue weighted by Gasteiger charge is 2.19. The summed E-state index contributed by atoms with van der Waals surface area (Å²) in [6.45, 7) is 0.453. The number of nitrogens with one attached hydrogen (secondary N) is 1. The molecule has 0 amide bonds. The first-order valence-corrected chi connectivity index (χ1v) is 5.82. The van der Waals surface area contributed by atoms with E-state index in [0.717, 1.165) is 17.2 Å². The summed E-state index contributed by atoms with van der Waals surface area (Å²) >= 11 is 1.11. The van der Waals surface area contributed by atoms with Crippen LogP contribution in [-0.4, -0.2) is 27.4 Å². The zero-order valence-corrected chi connectivity index (χ0v) is 10.4. The van der Waals surface area contributed by atoms with Gasteiger partial charge in [-0.15, -0.1) is 0 Å². The van der Waals surface area contributed by atoms with E-state index in [2.05, 4.69) is 24.4 Å². The number of anilines is 2. The molecule has 0 bridgehead atoms. The number of carbonyl (C=O) groups excluding carboxylic acids is 1. The van der Waals surface area contributed by atoms with Crippen molar-refractivity contribution in [1.29, 1.82) is 0 Å². The van der Waals surface area contributed by atoms with Crippen molar-refractivity contribution < 1.29 is 9.53 Å². The SMILES string of the molecule is COC(=O)c1c(N)nsc1NCc1ccncn1. The lowest BCUT2D eigenvalue weighted by atomic mass is 10.3. The number of aromatic nitrogens is 3. The van der Waals surface area contributed by atoms with E-state index in [-0.39, 0.29) is 11.4 Å². The van der Waals surface area contributed by atoms with Gasteiger partial charge in [0.2, 0.25) is 0 Å². The van der Waals surface area contributed by atoms with Gasteiger partial charge in [0.25, 0.3) is 0 Å². The van der Waals surface area contributed by atoms with Crippen LogP contribution in [-0.2, 0) is 11.3 Å². The number of nitrogens with zero attached hydrogens (tertiary/aromatic N) is 3. The molecule has 2 aromatic rings. The maximum Gasteiger partial charge on any atom is 0.344 e. The summed E-state index contributed by atoms with van der Waals surface area (Å²) < 4.78 is 8.57. The van der Waals surface area contributed by atoms with Crippen LogP contribution in [0.15, 0.2) is 18.6 Å². The van der Waals surface area contributed by atoms with E-state index in [1.54, 1.807) is 12.3 Å². The average molecular weight is 265 g/mol. The minimum absolute atomic E-state index is 0.164. The minimum atomic E-state index is -0.508. The predicted octanol–water partition coefficient (Wildman–Crippen LogP) is 0.914. The molecule has 0 saturated carbocycles. The van der Waals surface area contributed by atoms with Gasteiger partial charge in [-0.3, -0.25) is 0 Å². The second kappa shape index (κ2) is 5.41. The molecule has 0 aromatic carbocycles.